The first-order valence-corrected chi connectivity index (χ1v) is 15.4. The summed E-state index contributed by atoms with van der Waals surface area (Å²) in [4.78, 5) is 29.0. The Balaban J connectivity index is 1.26. The van der Waals surface area contributed by atoms with E-state index in [0.717, 1.165) is 45.2 Å². The molecule has 1 saturated heterocycles. The van der Waals surface area contributed by atoms with E-state index < -0.39 is 28.3 Å². The molecule has 1 aliphatic heterocycles. The van der Waals surface area contributed by atoms with Gasteiger partial charge in [-0.2, -0.15) is 0 Å². The summed E-state index contributed by atoms with van der Waals surface area (Å²) in [5.74, 6) is -0.796. The highest BCUT2D eigenvalue weighted by atomic mass is 32.2. The van der Waals surface area contributed by atoms with Gasteiger partial charge in [0.05, 0.1) is 29.3 Å². The summed E-state index contributed by atoms with van der Waals surface area (Å²) in [7, 11) is -3.71. The highest BCUT2D eigenvalue weighted by molar-refractivity contribution is 7.92. The number of pyridine rings is 1. The van der Waals surface area contributed by atoms with Crippen molar-refractivity contribution in [2.45, 2.75) is 63.8 Å². The number of nitrogens with one attached hydrogen (secondary N) is 2. The summed E-state index contributed by atoms with van der Waals surface area (Å²) in [6.45, 7) is 1.09. The van der Waals surface area contributed by atoms with E-state index in [2.05, 4.69) is 14.9 Å². The van der Waals surface area contributed by atoms with Gasteiger partial charge in [0.25, 0.3) is 11.5 Å². The molecule has 1 amide bonds. The van der Waals surface area contributed by atoms with E-state index in [9.17, 15) is 18.0 Å². The molecule has 1 aromatic carbocycles. The molecule has 10 heteroatoms. The molecule has 1 aromatic heterocycles. The molecule has 2 heterocycles. The van der Waals surface area contributed by atoms with Crippen molar-refractivity contribution >= 4 is 33.0 Å². The van der Waals surface area contributed by atoms with Crippen LogP contribution >= 0.6 is 0 Å². The van der Waals surface area contributed by atoms with E-state index in [1.807, 2.05) is 12.3 Å². The predicted molar refractivity (Wildman–Crippen MR) is 147 cm³/mol. The number of anilines is 3. The molecule has 38 heavy (non-hydrogen) atoms. The number of nitrogens with zero attached hydrogens (tertiary/aromatic N) is 2. The zero-order valence-corrected chi connectivity index (χ0v) is 22.4. The van der Waals surface area contributed by atoms with Crippen LogP contribution in [0, 0.1) is 10.8 Å². The number of amides is 1. The zero-order valence-electron chi connectivity index (χ0n) is 21.6. The topological polar surface area (TPSA) is 121 Å². The lowest BCUT2D eigenvalue weighted by Crippen LogP contribution is -2.36. The van der Waals surface area contributed by atoms with E-state index in [1.54, 1.807) is 28.8 Å². The standard InChI is InChI=1S/C28H36N4O5S/c33-16-17-38(36,37)30-20-3-4-22(24(18-20)31-14-11-27(7-8-27)12-15-31)25(34)29-23-2-1-13-32(26(23)35)21-5-6-28(19-21)9-10-28/h1-4,13,18,21,30,33H,5-12,14-17,19H2,(H,29,34). The van der Waals surface area contributed by atoms with Crippen LogP contribution in [0.3, 0.4) is 0 Å². The van der Waals surface area contributed by atoms with Crippen LogP contribution in [0.4, 0.5) is 17.1 Å². The van der Waals surface area contributed by atoms with E-state index >= 15 is 0 Å². The first-order chi connectivity index (χ1) is 18.2. The van der Waals surface area contributed by atoms with Crippen LogP contribution < -0.4 is 20.5 Å². The smallest absolute Gasteiger partial charge is 0.274 e. The van der Waals surface area contributed by atoms with Gasteiger partial charge in [-0.25, -0.2) is 8.42 Å². The molecular weight excluding hydrogens is 504 g/mol. The van der Waals surface area contributed by atoms with Gasteiger partial charge in [0.15, 0.2) is 0 Å². The normalized spacial score (nSPS) is 23.0. The largest absolute Gasteiger partial charge is 0.395 e. The molecule has 9 nitrogen and oxygen atoms in total. The summed E-state index contributed by atoms with van der Waals surface area (Å²) in [5.41, 5.74) is 2.32. The van der Waals surface area contributed by atoms with Crippen molar-refractivity contribution in [1.82, 2.24) is 4.57 Å². The Morgan fingerprint density at radius 3 is 2.42 bits per heavy atom. The number of hydrogen-bond donors (Lipinski definition) is 3. The van der Waals surface area contributed by atoms with Crippen LogP contribution in [0.5, 0.6) is 0 Å². The summed E-state index contributed by atoms with van der Waals surface area (Å²) in [6, 6.07) is 8.48. The van der Waals surface area contributed by atoms with E-state index in [1.165, 1.54) is 25.7 Å². The van der Waals surface area contributed by atoms with Crippen LogP contribution in [-0.2, 0) is 10.0 Å². The number of aromatic nitrogens is 1. The molecule has 0 radical (unpaired) electrons. The van der Waals surface area contributed by atoms with Crippen molar-refractivity contribution in [3.8, 4) is 0 Å². The number of hydrogen-bond acceptors (Lipinski definition) is 6. The maximum atomic E-state index is 13.6. The zero-order chi connectivity index (χ0) is 26.5. The van der Waals surface area contributed by atoms with Gasteiger partial charge in [-0.1, -0.05) is 0 Å². The average Bonchev–Trinajstić information content (AvgIpc) is 3.78. The number of rotatable bonds is 8. The second-order valence-corrected chi connectivity index (χ2v) is 13.7. The molecule has 0 bridgehead atoms. The van der Waals surface area contributed by atoms with Crippen LogP contribution in [0.25, 0.3) is 0 Å². The summed E-state index contributed by atoms with van der Waals surface area (Å²) in [5, 5.41) is 11.9. The Labute approximate surface area is 223 Å². The third kappa shape index (κ3) is 5.08. The van der Waals surface area contributed by atoms with Crippen LogP contribution in [0.2, 0.25) is 0 Å². The molecule has 6 rings (SSSR count). The maximum absolute atomic E-state index is 13.6. The lowest BCUT2D eigenvalue weighted by Gasteiger charge is -2.35. The lowest BCUT2D eigenvalue weighted by molar-refractivity contribution is 0.102. The minimum atomic E-state index is -3.71. The SMILES string of the molecule is O=C(Nc1cccn(C2CCC3(CC3)C2)c1=O)c1ccc(NS(=O)(=O)CCO)cc1N1CCC2(CC1)CC2. The second-order valence-electron chi connectivity index (χ2n) is 11.8. The molecule has 1 atom stereocenters. The monoisotopic (exact) mass is 540 g/mol. The third-order valence-corrected chi connectivity index (χ3v) is 10.5. The van der Waals surface area contributed by atoms with Gasteiger partial charge in [-0.15, -0.1) is 0 Å². The van der Waals surface area contributed by atoms with Crippen LogP contribution in [0.15, 0.2) is 41.3 Å². The molecule has 2 spiro atoms. The first-order valence-electron chi connectivity index (χ1n) is 13.7. The molecule has 1 unspecified atom stereocenters. The number of carbonyl (C=O) groups excluding carboxylic acids is 1. The number of carbonyl (C=O) groups is 1. The lowest BCUT2D eigenvalue weighted by atomic mass is 9.93. The Bertz CT molecular complexity index is 1400. The molecule has 3 N–H and O–H groups in total. The quantitative estimate of drug-likeness (QED) is 0.469. The van der Waals surface area contributed by atoms with Gasteiger partial charge in [0.1, 0.15) is 5.69 Å². The van der Waals surface area contributed by atoms with Gasteiger partial charge in [0.2, 0.25) is 10.0 Å². The number of aliphatic hydroxyl groups excluding tert-OH is 1. The van der Waals surface area contributed by atoms with Gasteiger partial charge in [-0.05, 0) is 98.9 Å². The fourth-order valence-corrected chi connectivity index (χ4v) is 7.25. The first kappa shape index (κ1) is 25.4. The summed E-state index contributed by atoms with van der Waals surface area (Å²) >= 11 is 0. The Morgan fingerprint density at radius 2 is 1.76 bits per heavy atom. The highest BCUT2D eigenvalue weighted by Gasteiger charge is 2.48. The van der Waals surface area contributed by atoms with E-state index in [0.29, 0.717) is 27.8 Å². The molecule has 204 valence electrons. The molecule has 3 saturated carbocycles. The summed E-state index contributed by atoms with van der Waals surface area (Å²) < 4.78 is 28.8. The van der Waals surface area contributed by atoms with E-state index in [4.69, 9.17) is 5.11 Å². The Kier molecular flexibility index (Phi) is 6.30. The maximum Gasteiger partial charge on any atom is 0.274 e. The van der Waals surface area contributed by atoms with Crippen LogP contribution in [-0.4, -0.2) is 49.4 Å². The molecule has 3 aliphatic carbocycles. The highest BCUT2D eigenvalue weighted by Crippen LogP contribution is 2.60. The van der Waals surface area contributed by atoms with Crippen molar-refractivity contribution in [2.75, 3.05) is 40.4 Å². The van der Waals surface area contributed by atoms with Crippen molar-refractivity contribution in [2.24, 2.45) is 10.8 Å². The minimum absolute atomic E-state index is 0.173. The van der Waals surface area contributed by atoms with Crippen molar-refractivity contribution in [1.29, 1.82) is 0 Å². The molecule has 2 aromatic rings. The van der Waals surface area contributed by atoms with Gasteiger partial charge in [0, 0.05) is 25.3 Å². The predicted octanol–water partition coefficient (Wildman–Crippen LogP) is 3.72. The van der Waals surface area contributed by atoms with Crippen molar-refractivity contribution in [3.05, 3.63) is 52.4 Å². The Morgan fingerprint density at radius 1 is 1.03 bits per heavy atom. The van der Waals surface area contributed by atoms with Gasteiger partial charge < -0.3 is 19.9 Å². The second kappa shape index (κ2) is 9.41. The molecule has 4 fully saturated rings. The Hall–Kier alpha value is -2.85. The number of sulfonamides is 1. The number of benzene rings is 1. The average molecular weight is 541 g/mol. The van der Waals surface area contributed by atoms with Crippen molar-refractivity contribution < 1.29 is 18.3 Å². The molecular formula is C28H36N4O5S. The molecule has 4 aliphatic rings. The van der Waals surface area contributed by atoms with Crippen LogP contribution in [0.1, 0.15) is 74.2 Å². The third-order valence-electron chi connectivity index (χ3n) is 9.25. The van der Waals surface area contributed by atoms with Gasteiger partial charge in [-0.3, -0.25) is 14.3 Å². The number of piperidine rings is 1. The fraction of sp³-hybridized carbons (Fsp3) is 0.571. The fourth-order valence-electron chi connectivity index (χ4n) is 6.43. The summed E-state index contributed by atoms with van der Waals surface area (Å²) in [6.07, 6.45) is 12.1. The van der Waals surface area contributed by atoms with E-state index in [-0.39, 0.29) is 17.3 Å². The van der Waals surface area contributed by atoms with Gasteiger partial charge >= 0.3 is 0 Å². The number of aliphatic hydroxyl groups is 1. The minimum Gasteiger partial charge on any atom is -0.395 e. The van der Waals surface area contributed by atoms with Crippen molar-refractivity contribution in [3.63, 3.8) is 0 Å².